The Morgan fingerprint density at radius 1 is 1.29 bits per heavy atom. The SMILES string of the molecule is CCCN1C(=O)C(=Cc2ccc(OCC(=O)OCC)cc2)NC1=S. The van der Waals surface area contributed by atoms with Gasteiger partial charge in [-0.1, -0.05) is 19.1 Å². The first-order valence-corrected chi connectivity index (χ1v) is 8.19. The minimum atomic E-state index is -0.408. The van der Waals surface area contributed by atoms with Crippen LogP contribution in [0.4, 0.5) is 0 Å². The van der Waals surface area contributed by atoms with Gasteiger partial charge in [-0.25, -0.2) is 4.79 Å². The average Bonchev–Trinajstić information content (AvgIpc) is 2.82. The normalized spacial score (nSPS) is 15.6. The lowest BCUT2D eigenvalue weighted by Gasteiger charge is -2.11. The highest BCUT2D eigenvalue weighted by Crippen LogP contribution is 2.17. The molecule has 1 aromatic rings. The molecular weight excluding hydrogens is 328 g/mol. The molecule has 6 nitrogen and oxygen atoms in total. The number of benzene rings is 1. The smallest absolute Gasteiger partial charge is 0.344 e. The molecule has 1 aromatic carbocycles. The van der Waals surface area contributed by atoms with Crippen molar-refractivity contribution >= 4 is 35.3 Å². The molecule has 0 aromatic heterocycles. The van der Waals surface area contributed by atoms with Crippen LogP contribution < -0.4 is 10.1 Å². The van der Waals surface area contributed by atoms with E-state index in [-0.39, 0.29) is 12.5 Å². The van der Waals surface area contributed by atoms with E-state index in [2.05, 4.69) is 5.32 Å². The third-order valence-corrected chi connectivity index (χ3v) is 3.59. The van der Waals surface area contributed by atoms with Crippen LogP contribution in [0.1, 0.15) is 25.8 Å². The number of nitrogens with one attached hydrogen (secondary N) is 1. The van der Waals surface area contributed by atoms with Gasteiger partial charge in [0.1, 0.15) is 11.4 Å². The number of esters is 1. The lowest BCUT2D eigenvalue weighted by molar-refractivity contribution is -0.145. The lowest BCUT2D eigenvalue weighted by atomic mass is 10.2. The van der Waals surface area contributed by atoms with Crippen molar-refractivity contribution in [2.75, 3.05) is 19.8 Å². The van der Waals surface area contributed by atoms with Crippen LogP contribution in [0.15, 0.2) is 30.0 Å². The fourth-order valence-electron chi connectivity index (χ4n) is 2.17. The first-order chi connectivity index (χ1) is 11.5. The molecule has 1 heterocycles. The van der Waals surface area contributed by atoms with Gasteiger partial charge in [0.2, 0.25) is 0 Å². The molecule has 0 atom stereocenters. The van der Waals surface area contributed by atoms with E-state index in [1.54, 1.807) is 42.2 Å². The van der Waals surface area contributed by atoms with Crippen molar-refractivity contribution in [3.63, 3.8) is 0 Å². The van der Waals surface area contributed by atoms with Crippen LogP contribution in [-0.2, 0) is 14.3 Å². The fourth-order valence-corrected chi connectivity index (χ4v) is 2.45. The number of carbonyl (C=O) groups is 2. The molecule has 0 unspecified atom stereocenters. The Hall–Kier alpha value is -2.41. The summed E-state index contributed by atoms with van der Waals surface area (Å²) in [5.74, 6) is 0.0255. The molecule has 0 bridgehead atoms. The summed E-state index contributed by atoms with van der Waals surface area (Å²) in [6.45, 7) is 4.53. The van der Waals surface area contributed by atoms with E-state index in [0.29, 0.717) is 29.7 Å². The van der Waals surface area contributed by atoms with Crippen LogP contribution >= 0.6 is 12.2 Å². The summed E-state index contributed by atoms with van der Waals surface area (Å²) in [6.07, 6.45) is 2.58. The maximum Gasteiger partial charge on any atom is 0.344 e. The second-order valence-electron chi connectivity index (χ2n) is 5.11. The maximum atomic E-state index is 12.2. The predicted octanol–water partition coefficient (Wildman–Crippen LogP) is 2.10. The highest BCUT2D eigenvalue weighted by Gasteiger charge is 2.29. The summed E-state index contributed by atoms with van der Waals surface area (Å²) in [4.78, 5) is 25.0. The standard InChI is InChI=1S/C17H20N2O4S/c1-3-9-19-16(21)14(18-17(19)24)10-12-5-7-13(8-6-12)23-11-15(20)22-4-2/h5-8,10H,3-4,9,11H2,1-2H3,(H,18,24). The molecule has 1 amide bonds. The molecule has 2 rings (SSSR count). The third-order valence-electron chi connectivity index (χ3n) is 3.26. The highest BCUT2D eigenvalue weighted by molar-refractivity contribution is 7.80. The van der Waals surface area contributed by atoms with E-state index in [1.165, 1.54) is 0 Å². The monoisotopic (exact) mass is 348 g/mol. The fraction of sp³-hybridized carbons (Fsp3) is 0.353. The van der Waals surface area contributed by atoms with Gasteiger partial charge < -0.3 is 14.8 Å². The number of hydrogen-bond donors (Lipinski definition) is 1. The van der Waals surface area contributed by atoms with Gasteiger partial charge in [-0.15, -0.1) is 0 Å². The van der Waals surface area contributed by atoms with Crippen LogP contribution in [-0.4, -0.2) is 41.6 Å². The summed E-state index contributed by atoms with van der Waals surface area (Å²) in [6, 6.07) is 7.06. The Morgan fingerprint density at radius 3 is 2.62 bits per heavy atom. The lowest BCUT2D eigenvalue weighted by Crippen LogP contribution is -2.31. The quantitative estimate of drug-likeness (QED) is 0.462. The molecular formula is C17H20N2O4S. The number of rotatable bonds is 7. The Labute approximate surface area is 146 Å². The number of amides is 1. The molecule has 0 aliphatic carbocycles. The van der Waals surface area contributed by atoms with Crippen LogP contribution in [0.3, 0.4) is 0 Å². The average molecular weight is 348 g/mol. The van der Waals surface area contributed by atoms with Gasteiger partial charge in [-0.05, 0) is 49.3 Å². The zero-order valence-corrected chi connectivity index (χ0v) is 14.5. The topological polar surface area (TPSA) is 67.9 Å². The Kier molecular flexibility index (Phi) is 6.31. The number of thiocarbonyl (C=S) groups is 1. The molecule has 0 radical (unpaired) electrons. The zero-order chi connectivity index (χ0) is 17.5. The third kappa shape index (κ3) is 4.55. The van der Waals surface area contributed by atoms with Crippen molar-refractivity contribution in [1.82, 2.24) is 10.2 Å². The van der Waals surface area contributed by atoms with Crippen molar-refractivity contribution < 1.29 is 19.1 Å². The predicted molar refractivity (Wildman–Crippen MR) is 94.3 cm³/mol. The van der Waals surface area contributed by atoms with Crippen LogP contribution in [0.2, 0.25) is 0 Å². The van der Waals surface area contributed by atoms with Crippen LogP contribution in [0, 0.1) is 0 Å². The van der Waals surface area contributed by atoms with Gasteiger partial charge in [-0.2, -0.15) is 0 Å². The highest BCUT2D eigenvalue weighted by atomic mass is 32.1. The maximum absolute atomic E-state index is 12.2. The second-order valence-corrected chi connectivity index (χ2v) is 5.49. The summed E-state index contributed by atoms with van der Waals surface area (Å²) in [7, 11) is 0. The van der Waals surface area contributed by atoms with Crippen LogP contribution in [0.25, 0.3) is 6.08 Å². The number of carbonyl (C=O) groups excluding carboxylic acids is 2. The summed E-state index contributed by atoms with van der Waals surface area (Å²) < 4.78 is 10.1. The minimum Gasteiger partial charge on any atom is -0.482 e. The van der Waals surface area contributed by atoms with E-state index in [1.807, 2.05) is 6.92 Å². The molecule has 0 saturated carbocycles. The summed E-state index contributed by atoms with van der Waals surface area (Å²) in [5, 5.41) is 3.37. The van der Waals surface area contributed by atoms with E-state index >= 15 is 0 Å². The van der Waals surface area contributed by atoms with Crippen LogP contribution in [0.5, 0.6) is 5.75 Å². The largest absolute Gasteiger partial charge is 0.482 e. The number of ether oxygens (including phenoxy) is 2. The van der Waals surface area contributed by atoms with Gasteiger partial charge in [0.15, 0.2) is 11.7 Å². The van der Waals surface area contributed by atoms with Crippen molar-refractivity contribution in [1.29, 1.82) is 0 Å². The molecule has 1 aliphatic rings. The molecule has 7 heteroatoms. The van der Waals surface area contributed by atoms with Gasteiger partial charge >= 0.3 is 5.97 Å². The Morgan fingerprint density at radius 2 is 2.00 bits per heavy atom. The molecule has 1 N–H and O–H groups in total. The molecule has 0 spiro atoms. The van der Waals surface area contributed by atoms with Crippen molar-refractivity contribution in [3.05, 3.63) is 35.5 Å². The molecule has 1 aliphatic heterocycles. The first kappa shape index (κ1) is 17.9. The summed E-state index contributed by atoms with van der Waals surface area (Å²) in [5.41, 5.74) is 1.28. The van der Waals surface area contributed by atoms with Crippen molar-refractivity contribution in [2.24, 2.45) is 0 Å². The Balaban J connectivity index is 2.00. The van der Waals surface area contributed by atoms with Gasteiger partial charge in [0.25, 0.3) is 5.91 Å². The number of hydrogen-bond acceptors (Lipinski definition) is 5. The van der Waals surface area contributed by atoms with E-state index < -0.39 is 5.97 Å². The van der Waals surface area contributed by atoms with Gasteiger partial charge in [-0.3, -0.25) is 9.69 Å². The zero-order valence-electron chi connectivity index (χ0n) is 13.7. The van der Waals surface area contributed by atoms with Gasteiger partial charge in [0, 0.05) is 6.54 Å². The van der Waals surface area contributed by atoms with Crippen molar-refractivity contribution in [3.8, 4) is 5.75 Å². The molecule has 1 fully saturated rings. The molecule has 24 heavy (non-hydrogen) atoms. The molecule has 1 saturated heterocycles. The Bertz CT molecular complexity index is 655. The minimum absolute atomic E-state index is 0.121. The van der Waals surface area contributed by atoms with E-state index in [4.69, 9.17) is 21.7 Å². The van der Waals surface area contributed by atoms with E-state index in [9.17, 15) is 9.59 Å². The molecule has 128 valence electrons. The first-order valence-electron chi connectivity index (χ1n) is 7.78. The van der Waals surface area contributed by atoms with Gasteiger partial charge in [0.05, 0.1) is 6.61 Å². The summed E-state index contributed by atoms with van der Waals surface area (Å²) >= 11 is 5.17. The second kappa shape index (κ2) is 8.44. The van der Waals surface area contributed by atoms with Crippen molar-refractivity contribution in [2.45, 2.75) is 20.3 Å². The van der Waals surface area contributed by atoms with E-state index in [0.717, 1.165) is 12.0 Å². The number of nitrogens with zero attached hydrogens (tertiary/aromatic N) is 1.